The summed E-state index contributed by atoms with van der Waals surface area (Å²) in [6, 6.07) is 0. The Morgan fingerprint density at radius 3 is 1.43 bits per heavy atom. The molecule has 2 nitrogen and oxygen atoms in total. The van der Waals surface area contributed by atoms with Gasteiger partial charge in [-0.2, -0.15) is 0 Å². The Morgan fingerprint density at radius 2 is 1.43 bits per heavy atom. The molecule has 0 aromatic heterocycles. The molecule has 0 saturated carbocycles. The van der Waals surface area contributed by atoms with Crippen molar-refractivity contribution in [2.24, 2.45) is 0 Å². The molecule has 0 spiro atoms. The first-order chi connectivity index (χ1) is 1.91. The summed E-state index contributed by atoms with van der Waals surface area (Å²) in [7, 11) is 0. The molecule has 0 bridgehead atoms. The second-order valence-corrected chi connectivity index (χ2v) is 0.577. The van der Waals surface area contributed by atoms with E-state index in [-0.39, 0.29) is 78.1 Å². The Labute approximate surface area is 94.2 Å². The number of hydrogen-bond acceptors (Lipinski definition) is 1. The molecule has 0 unspecified atom stereocenters. The maximum Gasteiger partial charge on any atom is 0.0974 e. The minimum Gasteiger partial charge on any atom is -1.00 e. The van der Waals surface area contributed by atoms with Crippen LogP contribution in [0.15, 0.2) is 0 Å². The number of hydrogen-bond donors (Lipinski definition) is 2. The van der Waals surface area contributed by atoms with Crippen molar-refractivity contribution in [3.05, 3.63) is 0 Å². The predicted molar refractivity (Wildman–Crippen MR) is 26.3 cm³/mol. The maximum absolute atomic E-state index is 7.81. The van der Waals surface area contributed by atoms with Crippen molar-refractivity contribution in [1.29, 1.82) is 0 Å². The van der Waals surface area contributed by atoms with Crippen LogP contribution < -0.4 is 18.1 Å². The van der Waals surface area contributed by atoms with Crippen LogP contribution in [0.25, 0.3) is 0 Å². The minimum absolute atomic E-state index is 0. The van der Waals surface area contributed by atoms with Crippen molar-refractivity contribution in [3.63, 3.8) is 0 Å². The molecule has 0 aliphatic rings. The molecule has 2 radical (unpaired) electrons. The number of aliphatic hydroxyl groups is 1. The smallest absolute Gasteiger partial charge is 0.0974 e. The van der Waals surface area contributed by atoms with Gasteiger partial charge < -0.3 is 23.2 Å². The van der Waals surface area contributed by atoms with Gasteiger partial charge in [0, 0.05) is 59.1 Å². The molecule has 0 saturated heterocycles. The average Bonchev–Trinajstić information content (AvgIpc) is 1.37. The van der Waals surface area contributed by atoms with Crippen LogP contribution >= 0.6 is 0 Å². The molecule has 0 fully saturated rings. The summed E-state index contributed by atoms with van der Waals surface area (Å²) in [6.45, 7) is 0.833. The van der Waals surface area contributed by atoms with E-state index in [0.29, 0.717) is 6.54 Å². The first kappa shape index (κ1) is 22.9. The van der Waals surface area contributed by atoms with Crippen LogP contribution in [0, 0.1) is 0 Å². The molecule has 0 aliphatic heterocycles. The van der Waals surface area contributed by atoms with Gasteiger partial charge in [-0.3, -0.25) is 0 Å². The molecule has 0 aromatic rings. The van der Waals surface area contributed by atoms with Gasteiger partial charge in [0.15, 0.2) is 0 Å². The summed E-state index contributed by atoms with van der Waals surface area (Å²) in [5, 5.41) is 7.81. The van der Waals surface area contributed by atoms with Gasteiger partial charge in [-0.15, -0.1) is 0 Å². The van der Waals surface area contributed by atoms with Crippen LogP contribution in [0.3, 0.4) is 0 Å². The molecule has 0 atom stereocenters. The average molecular weight is 144 g/mol. The van der Waals surface area contributed by atoms with Crippen molar-refractivity contribution in [3.8, 4) is 0 Å². The van der Waals surface area contributed by atoms with Gasteiger partial charge in [0.25, 0.3) is 0 Å². The molecule has 0 rings (SSSR count). The van der Waals surface area contributed by atoms with Crippen LogP contribution in [-0.2, 0) is 0 Å². The normalized spacial score (nSPS) is 4.29. The number of quaternary nitrogens is 1. The first-order valence-electron chi connectivity index (χ1n) is 1.32. The monoisotopic (exact) mass is 143 g/mol. The molecule has 36 valence electrons. The Bertz CT molecular complexity index is 17.7. The van der Waals surface area contributed by atoms with E-state index in [0.717, 1.165) is 0 Å². The van der Waals surface area contributed by atoms with Crippen molar-refractivity contribution in [2.75, 3.05) is 13.2 Å². The van der Waals surface area contributed by atoms with Gasteiger partial charge in [0.1, 0.15) is 0 Å². The predicted octanol–water partition coefficient (Wildman–Crippen LogP) is -5.54. The summed E-state index contributed by atoms with van der Waals surface area (Å²) in [5.74, 6) is 0. The van der Waals surface area contributed by atoms with Gasteiger partial charge in [-0.1, -0.05) is 0 Å². The van der Waals surface area contributed by atoms with E-state index in [4.69, 9.17) is 5.11 Å². The van der Waals surface area contributed by atoms with Crippen molar-refractivity contribution in [1.82, 2.24) is 0 Å². The molecule has 0 heterocycles. The summed E-state index contributed by atoms with van der Waals surface area (Å²) in [5.41, 5.74) is 3.35. The summed E-state index contributed by atoms with van der Waals surface area (Å²) in [6.07, 6.45) is 0. The van der Waals surface area contributed by atoms with E-state index in [1.165, 1.54) is 0 Å². The maximum atomic E-state index is 7.81. The largest absolute Gasteiger partial charge is 1.00 e. The Balaban J connectivity index is -0.0000000150. The van der Waals surface area contributed by atoms with Crippen molar-refractivity contribution in [2.45, 2.75) is 0 Å². The summed E-state index contributed by atoms with van der Waals surface area (Å²) >= 11 is 0. The topological polar surface area (TPSA) is 47.9 Å². The van der Waals surface area contributed by atoms with Crippen LogP contribution in [0.1, 0.15) is 0 Å². The molecule has 0 aliphatic carbocycles. The van der Waals surface area contributed by atoms with Gasteiger partial charge in [0.2, 0.25) is 0 Å². The fourth-order valence-corrected chi connectivity index (χ4v) is 0. The first-order valence-corrected chi connectivity index (χ1v) is 1.32. The second kappa shape index (κ2) is 24.1. The Hall–Kier alpha value is 2.21. The van der Waals surface area contributed by atoms with E-state index in [1.54, 1.807) is 0 Å². The zero-order valence-corrected chi connectivity index (χ0v) is 9.70. The van der Waals surface area contributed by atoms with Crippen molar-refractivity contribution < 1.29 is 23.2 Å². The molecule has 0 amide bonds. The van der Waals surface area contributed by atoms with Gasteiger partial charge in [0.05, 0.1) is 13.2 Å². The van der Waals surface area contributed by atoms with E-state index in [1.807, 2.05) is 0 Å². The Morgan fingerprint density at radius 1 is 1.29 bits per heavy atom. The van der Waals surface area contributed by atoms with E-state index >= 15 is 0 Å². The Kier molecular flexibility index (Phi) is 78.7. The molecule has 0 aromatic carbocycles. The van der Waals surface area contributed by atoms with Gasteiger partial charge in [-0.25, -0.2) is 0 Å². The number of halogens is 1. The SMILES string of the molecule is [Cl-].[NH3+]CCO.[Na].[Na]. The van der Waals surface area contributed by atoms with Gasteiger partial charge in [-0.05, 0) is 0 Å². The van der Waals surface area contributed by atoms with E-state index in [9.17, 15) is 0 Å². The third kappa shape index (κ3) is 30.7. The molecule has 5 heteroatoms. The molecule has 4 N–H and O–H groups in total. The number of rotatable bonds is 1. The van der Waals surface area contributed by atoms with Crippen LogP contribution in [0.4, 0.5) is 0 Å². The molecular weight excluding hydrogens is 135 g/mol. The van der Waals surface area contributed by atoms with Crippen LogP contribution in [0.2, 0.25) is 0 Å². The number of aliphatic hydroxyl groups excluding tert-OH is 1. The molecule has 7 heavy (non-hydrogen) atoms. The zero-order valence-electron chi connectivity index (χ0n) is 4.95. The third-order valence-electron chi connectivity index (χ3n) is 0.158. The second-order valence-electron chi connectivity index (χ2n) is 0.577. The zero-order chi connectivity index (χ0) is 3.41. The minimum atomic E-state index is 0. The quantitative estimate of drug-likeness (QED) is 0.354. The van der Waals surface area contributed by atoms with Crippen LogP contribution in [-0.4, -0.2) is 77.4 Å². The van der Waals surface area contributed by atoms with Gasteiger partial charge >= 0.3 is 0 Å². The van der Waals surface area contributed by atoms with E-state index < -0.39 is 0 Å². The molecular formula is C2H8ClNNa2O. The summed E-state index contributed by atoms with van der Waals surface area (Å²) < 4.78 is 0. The fraction of sp³-hybridized carbons (Fsp3) is 1.00. The standard InChI is InChI=1S/C2H7NO.ClH.2Na/c3-1-2-4;;;/h4H,1-3H2;1H;;. The van der Waals surface area contributed by atoms with Crippen molar-refractivity contribution >= 4 is 59.1 Å². The fourth-order valence-electron chi connectivity index (χ4n) is 0. The summed E-state index contributed by atoms with van der Waals surface area (Å²) in [4.78, 5) is 0. The van der Waals surface area contributed by atoms with Crippen LogP contribution in [0.5, 0.6) is 0 Å². The van der Waals surface area contributed by atoms with E-state index in [2.05, 4.69) is 5.73 Å². The third-order valence-corrected chi connectivity index (χ3v) is 0.158.